The summed E-state index contributed by atoms with van der Waals surface area (Å²) in [5, 5.41) is 13.9. The second kappa shape index (κ2) is 5.64. The topological polar surface area (TPSA) is 68.1 Å². The Morgan fingerprint density at radius 3 is 2.70 bits per heavy atom. The highest BCUT2D eigenvalue weighted by Gasteiger charge is 2.13. The first-order valence-electron chi connectivity index (χ1n) is 6.18. The molecule has 0 spiro atoms. The van der Waals surface area contributed by atoms with Gasteiger partial charge in [0.15, 0.2) is 0 Å². The van der Waals surface area contributed by atoms with Crippen molar-refractivity contribution >= 4 is 11.5 Å². The number of halogens is 1. The van der Waals surface area contributed by atoms with Gasteiger partial charge < -0.3 is 5.32 Å². The molecule has 1 aromatic carbocycles. The third-order valence-corrected chi connectivity index (χ3v) is 2.83. The Hall–Kier alpha value is -2.50. The summed E-state index contributed by atoms with van der Waals surface area (Å²) in [6.45, 7) is 4.12. The van der Waals surface area contributed by atoms with Crippen molar-refractivity contribution in [2.75, 3.05) is 11.9 Å². The van der Waals surface area contributed by atoms with Crippen LogP contribution in [0, 0.1) is 22.9 Å². The first-order valence-corrected chi connectivity index (χ1v) is 6.18. The Balaban J connectivity index is 2.53. The molecule has 0 fully saturated rings. The van der Waals surface area contributed by atoms with E-state index in [1.54, 1.807) is 19.1 Å². The van der Waals surface area contributed by atoms with Gasteiger partial charge in [0.1, 0.15) is 11.6 Å². The smallest absolute Gasteiger partial charge is 0.275 e. The van der Waals surface area contributed by atoms with Gasteiger partial charge in [-0.1, -0.05) is 0 Å². The molecule has 2 rings (SSSR count). The van der Waals surface area contributed by atoms with E-state index < -0.39 is 4.92 Å². The molecule has 0 aliphatic heterocycles. The van der Waals surface area contributed by atoms with Gasteiger partial charge in [-0.15, -0.1) is 0 Å². The zero-order valence-electron chi connectivity index (χ0n) is 11.2. The molecular formula is C14H14FN3O2. The summed E-state index contributed by atoms with van der Waals surface area (Å²) in [7, 11) is 0. The van der Waals surface area contributed by atoms with E-state index in [9.17, 15) is 14.5 Å². The second-order valence-electron chi connectivity index (χ2n) is 4.35. The van der Waals surface area contributed by atoms with Crippen molar-refractivity contribution in [3.8, 4) is 11.3 Å². The van der Waals surface area contributed by atoms with E-state index in [1.807, 2.05) is 6.92 Å². The van der Waals surface area contributed by atoms with Crippen LogP contribution in [0.1, 0.15) is 12.5 Å². The Labute approximate surface area is 115 Å². The molecule has 0 atom stereocenters. The summed E-state index contributed by atoms with van der Waals surface area (Å²) in [4.78, 5) is 14.8. The van der Waals surface area contributed by atoms with Crippen LogP contribution in [0.15, 0.2) is 30.3 Å². The molecule has 6 heteroatoms. The monoisotopic (exact) mass is 275 g/mol. The molecule has 5 nitrogen and oxygen atoms in total. The number of aromatic nitrogens is 1. The molecule has 104 valence electrons. The predicted octanol–water partition coefficient (Wildman–Crippen LogP) is 3.54. The number of hydrogen-bond donors (Lipinski definition) is 1. The largest absolute Gasteiger partial charge is 0.370 e. The third kappa shape index (κ3) is 2.90. The molecule has 0 radical (unpaired) electrons. The molecule has 20 heavy (non-hydrogen) atoms. The second-order valence-corrected chi connectivity index (χ2v) is 4.35. The average molecular weight is 275 g/mol. The minimum Gasteiger partial charge on any atom is -0.370 e. The van der Waals surface area contributed by atoms with E-state index >= 15 is 0 Å². The molecule has 0 aliphatic carbocycles. The van der Waals surface area contributed by atoms with E-state index in [2.05, 4.69) is 10.3 Å². The number of pyridine rings is 1. The first kappa shape index (κ1) is 13.9. The van der Waals surface area contributed by atoms with Crippen molar-refractivity contribution < 1.29 is 9.31 Å². The third-order valence-electron chi connectivity index (χ3n) is 2.83. The number of rotatable bonds is 4. The van der Waals surface area contributed by atoms with Crippen molar-refractivity contribution in [2.24, 2.45) is 0 Å². The number of nitro groups is 1. The van der Waals surface area contributed by atoms with Crippen molar-refractivity contribution in [2.45, 2.75) is 13.8 Å². The van der Waals surface area contributed by atoms with Crippen LogP contribution in [0.25, 0.3) is 11.3 Å². The van der Waals surface area contributed by atoms with Gasteiger partial charge in [0.2, 0.25) is 0 Å². The highest BCUT2D eigenvalue weighted by molar-refractivity contribution is 5.66. The van der Waals surface area contributed by atoms with Gasteiger partial charge in [-0.3, -0.25) is 10.1 Å². The van der Waals surface area contributed by atoms with E-state index in [4.69, 9.17) is 0 Å². The lowest BCUT2D eigenvalue weighted by Crippen LogP contribution is -2.02. The van der Waals surface area contributed by atoms with Crippen molar-refractivity contribution in [3.63, 3.8) is 0 Å². The molecule has 0 saturated carbocycles. The zero-order valence-corrected chi connectivity index (χ0v) is 11.2. The number of nitrogens with zero attached hydrogens (tertiary/aromatic N) is 2. The Morgan fingerprint density at radius 1 is 1.35 bits per heavy atom. The van der Waals surface area contributed by atoms with Gasteiger partial charge in [-0.2, -0.15) is 0 Å². The van der Waals surface area contributed by atoms with Gasteiger partial charge >= 0.3 is 0 Å². The Bertz CT molecular complexity index is 659. The summed E-state index contributed by atoms with van der Waals surface area (Å²) >= 11 is 0. The molecule has 0 unspecified atom stereocenters. The van der Waals surface area contributed by atoms with Crippen LogP contribution in [0.2, 0.25) is 0 Å². The fraction of sp³-hybridized carbons (Fsp3) is 0.214. The molecule has 1 N–H and O–H groups in total. The molecule has 2 aromatic rings. The van der Waals surface area contributed by atoms with Gasteiger partial charge in [0, 0.05) is 18.2 Å². The summed E-state index contributed by atoms with van der Waals surface area (Å²) in [5.41, 5.74) is 1.51. The standard InChI is InChI=1S/C14H14FN3O2/c1-3-16-14-8-11(18(19)20)7-13(17-14)10-4-5-12(15)9(2)6-10/h4-8H,3H2,1-2H3,(H,16,17). The van der Waals surface area contributed by atoms with Crippen molar-refractivity contribution in [1.82, 2.24) is 4.98 Å². The highest BCUT2D eigenvalue weighted by Crippen LogP contribution is 2.26. The summed E-state index contributed by atoms with van der Waals surface area (Å²) in [6.07, 6.45) is 0. The number of hydrogen-bond acceptors (Lipinski definition) is 4. The van der Waals surface area contributed by atoms with Crippen LogP contribution in [0.5, 0.6) is 0 Å². The Kier molecular flexibility index (Phi) is 3.93. The number of anilines is 1. The van der Waals surface area contributed by atoms with E-state index in [-0.39, 0.29) is 11.5 Å². The molecule has 0 bridgehead atoms. The van der Waals surface area contributed by atoms with E-state index in [1.165, 1.54) is 18.2 Å². The normalized spacial score (nSPS) is 10.3. The van der Waals surface area contributed by atoms with E-state index in [0.717, 1.165) is 0 Å². The maximum absolute atomic E-state index is 13.3. The molecule has 1 aromatic heterocycles. The molecule has 0 amide bonds. The lowest BCUT2D eigenvalue weighted by Gasteiger charge is -2.07. The predicted molar refractivity (Wildman–Crippen MR) is 75.2 cm³/mol. The highest BCUT2D eigenvalue weighted by atomic mass is 19.1. The molecule has 1 heterocycles. The lowest BCUT2D eigenvalue weighted by molar-refractivity contribution is -0.384. The maximum atomic E-state index is 13.3. The number of nitrogens with one attached hydrogen (secondary N) is 1. The quantitative estimate of drug-likeness (QED) is 0.684. The van der Waals surface area contributed by atoms with Crippen molar-refractivity contribution in [3.05, 3.63) is 51.8 Å². The van der Waals surface area contributed by atoms with Crippen LogP contribution in [0.3, 0.4) is 0 Å². The average Bonchev–Trinajstić information content (AvgIpc) is 2.42. The molecule has 0 saturated heterocycles. The van der Waals surface area contributed by atoms with Crippen molar-refractivity contribution in [1.29, 1.82) is 0 Å². The maximum Gasteiger partial charge on any atom is 0.275 e. The minimum atomic E-state index is -0.470. The van der Waals surface area contributed by atoms with Crippen LogP contribution in [-0.4, -0.2) is 16.5 Å². The van der Waals surface area contributed by atoms with Gasteiger partial charge in [-0.05, 0) is 37.6 Å². The number of aryl methyl sites for hydroxylation is 1. The van der Waals surface area contributed by atoms with E-state index in [0.29, 0.717) is 29.2 Å². The summed E-state index contributed by atoms with van der Waals surface area (Å²) in [6, 6.07) is 7.27. The fourth-order valence-electron chi connectivity index (χ4n) is 1.85. The first-order chi connectivity index (χ1) is 9.51. The number of benzene rings is 1. The molecule has 0 aliphatic rings. The van der Waals surface area contributed by atoms with Gasteiger partial charge in [-0.25, -0.2) is 9.37 Å². The van der Waals surface area contributed by atoms with Crippen LogP contribution in [0.4, 0.5) is 15.9 Å². The van der Waals surface area contributed by atoms with Crippen LogP contribution >= 0.6 is 0 Å². The lowest BCUT2D eigenvalue weighted by atomic mass is 10.1. The zero-order chi connectivity index (χ0) is 14.7. The van der Waals surface area contributed by atoms with Gasteiger partial charge in [0.05, 0.1) is 16.7 Å². The Morgan fingerprint density at radius 2 is 2.10 bits per heavy atom. The minimum absolute atomic E-state index is 0.0482. The SMILES string of the molecule is CCNc1cc([N+](=O)[O-])cc(-c2ccc(F)c(C)c2)n1. The summed E-state index contributed by atoms with van der Waals surface area (Å²) in [5.74, 6) is 0.116. The van der Waals surface area contributed by atoms with Gasteiger partial charge in [0.25, 0.3) is 5.69 Å². The summed E-state index contributed by atoms with van der Waals surface area (Å²) < 4.78 is 13.3. The molecular weight excluding hydrogens is 261 g/mol. The fourth-order valence-corrected chi connectivity index (χ4v) is 1.85. The van der Waals surface area contributed by atoms with Crippen LogP contribution < -0.4 is 5.32 Å². The van der Waals surface area contributed by atoms with Crippen LogP contribution in [-0.2, 0) is 0 Å².